The van der Waals surface area contributed by atoms with Gasteiger partial charge in [-0.05, 0) is 29.3 Å². The molecule has 1 fully saturated rings. The van der Waals surface area contributed by atoms with E-state index in [-0.39, 0.29) is 35.8 Å². The predicted octanol–water partition coefficient (Wildman–Crippen LogP) is 3.84. The lowest BCUT2D eigenvalue weighted by molar-refractivity contribution is 0.0169. The molecular formula is C21H27ClFIN4O. The van der Waals surface area contributed by atoms with Crippen LogP contribution >= 0.6 is 35.6 Å². The largest absolute Gasteiger partial charge is 0.379 e. The number of benzene rings is 2. The molecule has 1 aliphatic heterocycles. The zero-order chi connectivity index (χ0) is 19.8. The van der Waals surface area contributed by atoms with E-state index in [9.17, 15) is 4.39 Å². The predicted molar refractivity (Wildman–Crippen MR) is 127 cm³/mol. The number of rotatable bonds is 6. The van der Waals surface area contributed by atoms with Crippen molar-refractivity contribution in [3.8, 4) is 0 Å². The van der Waals surface area contributed by atoms with E-state index in [1.54, 1.807) is 19.2 Å². The second-order valence-electron chi connectivity index (χ2n) is 6.62. The van der Waals surface area contributed by atoms with Crippen LogP contribution in [-0.2, 0) is 11.3 Å². The highest BCUT2D eigenvalue weighted by Gasteiger charge is 2.23. The first-order valence-corrected chi connectivity index (χ1v) is 9.80. The third-order valence-electron chi connectivity index (χ3n) is 4.81. The van der Waals surface area contributed by atoms with Crippen molar-refractivity contribution in [2.45, 2.75) is 12.6 Å². The lowest BCUT2D eigenvalue weighted by atomic mass is 10.0. The van der Waals surface area contributed by atoms with Crippen molar-refractivity contribution in [1.82, 2.24) is 15.5 Å². The molecule has 29 heavy (non-hydrogen) atoms. The van der Waals surface area contributed by atoms with Gasteiger partial charge in [0, 0.05) is 38.2 Å². The molecule has 0 aromatic heterocycles. The summed E-state index contributed by atoms with van der Waals surface area (Å²) in [6, 6.07) is 14.5. The molecule has 0 spiro atoms. The minimum absolute atomic E-state index is 0. The van der Waals surface area contributed by atoms with Crippen molar-refractivity contribution >= 4 is 41.5 Å². The summed E-state index contributed by atoms with van der Waals surface area (Å²) >= 11 is 6.22. The molecule has 1 unspecified atom stereocenters. The summed E-state index contributed by atoms with van der Waals surface area (Å²) in [4.78, 5) is 6.61. The van der Waals surface area contributed by atoms with Crippen LogP contribution in [0.4, 0.5) is 4.39 Å². The summed E-state index contributed by atoms with van der Waals surface area (Å²) in [5, 5.41) is 7.37. The van der Waals surface area contributed by atoms with E-state index in [1.807, 2.05) is 30.3 Å². The number of aliphatic imine (C=N–C) groups is 1. The van der Waals surface area contributed by atoms with Gasteiger partial charge >= 0.3 is 0 Å². The average Bonchev–Trinajstić information content (AvgIpc) is 2.72. The Labute approximate surface area is 193 Å². The van der Waals surface area contributed by atoms with E-state index in [0.717, 1.165) is 29.2 Å². The highest BCUT2D eigenvalue weighted by molar-refractivity contribution is 14.0. The van der Waals surface area contributed by atoms with Gasteiger partial charge in [-0.1, -0.05) is 41.9 Å². The summed E-state index contributed by atoms with van der Waals surface area (Å²) in [7, 11) is 1.73. The van der Waals surface area contributed by atoms with Gasteiger partial charge in [-0.3, -0.25) is 9.89 Å². The zero-order valence-electron chi connectivity index (χ0n) is 16.4. The highest BCUT2D eigenvalue weighted by Crippen LogP contribution is 2.22. The lowest BCUT2D eigenvalue weighted by Gasteiger charge is -2.35. The minimum Gasteiger partial charge on any atom is -0.379 e. The zero-order valence-corrected chi connectivity index (χ0v) is 19.5. The van der Waals surface area contributed by atoms with E-state index >= 15 is 0 Å². The van der Waals surface area contributed by atoms with Crippen LogP contribution in [0, 0.1) is 5.82 Å². The standard InChI is InChI=1S/C21H26ClFN4O.HI/c1-24-21(25-14-17-5-2-3-8-19(17)22)26-15-20(27-9-11-28-12-10-27)16-6-4-7-18(23)13-16;/h2-8,13,20H,9-12,14-15H2,1H3,(H2,24,25,26);1H. The molecule has 3 rings (SSSR count). The van der Waals surface area contributed by atoms with Crippen LogP contribution in [0.3, 0.4) is 0 Å². The van der Waals surface area contributed by atoms with Gasteiger partial charge in [0.25, 0.3) is 0 Å². The molecule has 5 nitrogen and oxygen atoms in total. The summed E-state index contributed by atoms with van der Waals surface area (Å²) in [5.74, 6) is 0.451. The molecule has 1 heterocycles. The van der Waals surface area contributed by atoms with E-state index < -0.39 is 0 Å². The summed E-state index contributed by atoms with van der Waals surface area (Å²) in [6.07, 6.45) is 0. The first-order chi connectivity index (χ1) is 13.7. The van der Waals surface area contributed by atoms with E-state index in [4.69, 9.17) is 16.3 Å². The van der Waals surface area contributed by atoms with Gasteiger partial charge in [0.05, 0.1) is 19.3 Å². The number of morpholine rings is 1. The number of guanidine groups is 1. The third-order valence-corrected chi connectivity index (χ3v) is 5.18. The number of ether oxygens (including phenoxy) is 1. The van der Waals surface area contributed by atoms with Crippen LogP contribution in [0.2, 0.25) is 5.02 Å². The Morgan fingerprint density at radius 3 is 2.62 bits per heavy atom. The van der Waals surface area contributed by atoms with E-state index in [1.165, 1.54) is 6.07 Å². The van der Waals surface area contributed by atoms with Crippen LogP contribution in [0.15, 0.2) is 53.5 Å². The van der Waals surface area contributed by atoms with Gasteiger partial charge in [-0.15, -0.1) is 24.0 Å². The van der Waals surface area contributed by atoms with Crippen LogP contribution in [0.5, 0.6) is 0 Å². The summed E-state index contributed by atoms with van der Waals surface area (Å²) in [5.41, 5.74) is 1.94. The van der Waals surface area contributed by atoms with Crippen molar-refractivity contribution in [3.05, 3.63) is 70.5 Å². The van der Waals surface area contributed by atoms with Crippen molar-refractivity contribution in [3.63, 3.8) is 0 Å². The molecule has 0 saturated carbocycles. The Hall–Kier alpha value is -1.42. The molecule has 8 heteroatoms. The molecule has 0 aliphatic carbocycles. The third kappa shape index (κ3) is 7.09. The maximum atomic E-state index is 13.8. The fraction of sp³-hybridized carbons (Fsp3) is 0.381. The number of nitrogens with one attached hydrogen (secondary N) is 2. The number of halogens is 3. The molecule has 1 saturated heterocycles. The fourth-order valence-corrected chi connectivity index (χ4v) is 3.50. The molecule has 1 atom stereocenters. The Balaban J connectivity index is 0.00000300. The normalized spacial score (nSPS) is 16.0. The Morgan fingerprint density at radius 2 is 1.93 bits per heavy atom. The monoisotopic (exact) mass is 532 g/mol. The van der Waals surface area contributed by atoms with Gasteiger partial charge < -0.3 is 15.4 Å². The second kappa shape index (κ2) is 12.3. The van der Waals surface area contributed by atoms with Crippen molar-refractivity contribution in [2.75, 3.05) is 39.9 Å². The van der Waals surface area contributed by atoms with Gasteiger partial charge in [-0.2, -0.15) is 0 Å². The van der Waals surface area contributed by atoms with Crippen LogP contribution in [0.25, 0.3) is 0 Å². The Bertz CT molecular complexity index is 802. The molecule has 0 amide bonds. The Morgan fingerprint density at radius 1 is 1.17 bits per heavy atom. The van der Waals surface area contributed by atoms with Gasteiger partial charge in [0.15, 0.2) is 5.96 Å². The maximum Gasteiger partial charge on any atom is 0.191 e. The van der Waals surface area contributed by atoms with Crippen LogP contribution in [-0.4, -0.2) is 50.8 Å². The first-order valence-electron chi connectivity index (χ1n) is 9.42. The van der Waals surface area contributed by atoms with Gasteiger partial charge in [0.2, 0.25) is 0 Å². The average molecular weight is 533 g/mol. The Kier molecular flexibility index (Phi) is 10.1. The quantitative estimate of drug-likeness (QED) is 0.337. The number of nitrogens with zero attached hydrogens (tertiary/aromatic N) is 2. The fourth-order valence-electron chi connectivity index (χ4n) is 3.30. The molecule has 2 aromatic rings. The van der Waals surface area contributed by atoms with Crippen LogP contribution in [0.1, 0.15) is 17.2 Å². The van der Waals surface area contributed by atoms with E-state index in [2.05, 4.69) is 20.5 Å². The lowest BCUT2D eigenvalue weighted by Crippen LogP contribution is -2.46. The summed E-state index contributed by atoms with van der Waals surface area (Å²) in [6.45, 7) is 4.17. The van der Waals surface area contributed by atoms with E-state index in [0.29, 0.717) is 32.3 Å². The molecule has 1 aliphatic rings. The molecule has 2 aromatic carbocycles. The molecule has 0 radical (unpaired) electrons. The topological polar surface area (TPSA) is 48.9 Å². The SMILES string of the molecule is CN=C(NCc1ccccc1Cl)NCC(c1cccc(F)c1)N1CCOCC1.I. The molecule has 158 valence electrons. The second-order valence-corrected chi connectivity index (χ2v) is 7.02. The molecule has 0 bridgehead atoms. The minimum atomic E-state index is -0.225. The van der Waals surface area contributed by atoms with Crippen molar-refractivity contribution < 1.29 is 9.13 Å². The smallest absolute Gasteiger partial charge is 0.191 e. The maximum absolute atomic E-state index is 13.8. The molecular weight excluding hydrogens is 506 g/mol. The highest BCUT2D eigenvalue weighted by atomic mass is 127. The van der Waals surface area contributed by atoms with Crippen LogP contribution < -0.4 is 10.6 Å². The van der Waals surface area contributed by atoms with Crippen molar-refractivity contribution in [2.24, 2.45) is 4.99 Å². The van der Waals surface area contributed by atoms with Gasteiger partial charge in [-0.25, -0.2) is 4.39 Å². The van der Waals surface area contributed by atoms with Gasteiger partial charge in [0.1, 0.15) is 5.82 Å². The number of hydrogen-bond acceptors (Lipinski definition) is 3. The van der Waals surface area contributed by atoms with Crippen molar-refractivity contribution in [1.29, 1.82) is 0 Å². The number of hydrogen-bond donors (Lipinski definition) is 2. The molecule has 2 N–H and O–H groups in total. The first kappa shape index (κ1) is 23.9. The summed E-state index contributed by atoms with van der Waals surface area (Å²) < 4.78 is 19.3.